The van der Waals surface area contributed by atoms with Crippen LogP contribution in [0.5, 0.6) is 0 Å². The molecule has 2 rings (SSSR count). The van der Waals surface area contributed by atoms with Crippen LogP contribution in [0.25, 0.3) is 10.6 Å². The number of aliphatic hydroxyl groups excluding tert-OH is 1. The van der Waals surface area contributed by atoms with Crippen molar-refractivity contribution >= 4 is 17.0 Å². The highest BCUT2D eigenvalue weighted by molar-refractivity contribution is 7.13. The molecule has 0 radical (unpaired) electrons. The summed E-state index contributed by atoms with van der Waals surface area (Å²) in [5, 5.41) is 22.9. The van der Waals surface area contributed by atoms with Gasteiger partial charge in [0.25, 0.3) is 5.69 Å². The van der Waals surface area contributed by atoms with Gasteiger partial charge in [0.05, 0.1) is 16.7 Å². The molecule has 2 aromatic rings. The zero-order valence-electron chi connectivity index (χ0n) is 12.6. The summed E-state index contributed by atoms with van der Waals surface area (Å²) in [4.78, 5) is 17.1. The van der Waals surface area contributed by atoms with Gasteiger partial charge in [-0.2, -0.15) is 0 Å². The molecular formula is C15H19N3O3S. The van der Waals surface area contributed by atoms with E-state index in [0.29, 0.717) is 6.54 Å². The van der Waals surface area contributed by atoms with Crippen molar-refractivity contribution in [3.8, 4) is 10.6 Å². The SMILES string of the molecule is CC(O)CCN(C)Cc1csc(-c2cccc([N+](=O)[O-])c2)n1. The van der Waals surface area contributed by atoms with E-state index < -0.39 is 4.92 Å². The zero-order valence-corrected chi connectivity index (χ0v) is 13.4. The van der Waals surface area contributed by atoms with Crippen LogP contribution in [-0.2, 0) is 6.54 Å². The van der Waals surface area contributed by atoms with Crippen molar-refractivity contribution in [3.63, 3.8) is 0 Å². The Labute approximate surface area is 133 Å². The number of aliphatic hydroxyl groups is 1. The second-order valence-electron chi connectivity index (χ2n) is 5.33. The van der Waals surface area contributed by atoms with Crippen molar-refractivity contribution in [1.82, 2.24) is 9.88 Å². The molecule has 0 amide bonds. The van der Waals surface area contributed by atoms with Crippen LogP contribution in [0.4, 0.5) is 5.69 Å². The maximum atomic E-state index is 10.8. The van der Waals surface area contributed by atoms with Crippen LogP contribution in [0.3, 0.4) is 0 Å². The molecule has 1 N–H and O–H groups in total. The van der Waals surface area contributed by atoms with E-state index in [2.05, 4.69) is 9.88 Å². The number of hydrogen-bond donors (Lipinski definition) is 1. The minimum Gasteiger partial charge on any atom is -0.393 e. The summed E-state index contributed by atoms with van der Waals surface area (Å²) in [7, 11) is 1.98. The Kier molecular flexibility index (Phi) is 5.59. The number of rotatable bonds is 7. The molecular weight excluding hydrogens is 302 g/mol. The van der Waals surface area contributed by atoms with Crippen LogP contribution in [-0.4, -0.2) is 39.6 Å². The fourth-order valence-corrected chi connectivity index (χ4v) is 2.84. The number of hydrogen-bond acceptors (Lipinski definition) is 6. The molecule has 1 unspecified atom stereocenters. The van der Waals surface area contributed by atoms with E-state index in [4.69, 9.17) is 0 Å². The van der Waals surface area contributed by atoms with E-state index in [-0.39, 0.29) is 11.8 Å². The van der Waals surface area contributed by atoms with E-state index in [1.165, 1.54) is 17.4 Å². The lowest BCUT2D eigenvalue weighted by Gasteiger charge is -2.15. The van der Waals surface area contributed by atoms with Gasteiger partial charge in [-0.3, -0.25) is 10.1 Å². The molecule has 0 spiro atoms. The third kappa shape index (κ3) is 4.59. The van der Waals surface area contributed by atoms with E-state index in [0.717, 1.165) is 29.2 Å². The van der Waals surface area contributed by atoms with Crippen LogP contribution >= 0.6 is 11.3 Å². The Morgan fingerprint density at radius 1 is 1.50 bits per heavy atom. The lowest BCUT2D eigenvalue weighted by atomic mass is 10.2. The van der Waals surface area contributed by atoms with Crippen molar-refractivity contribution in [2.75, 3.05) is 13.6 Å². The van der Waals surface area contributed by atoms with Crippen molar-refractivity contribution < 1.29 is 10.0 Å². The molecule has 0 saturated carbocycles. The Bertz CT molecular complexity index is 642. The first-order chi connectivity index (χ1) is 10.5. The van der Waals surface area contributed by atoms with E-state index in [1.54, 1.807) is 19.1 Å². The highest BCUT2D eigenvalue weighted by Crippen LogP contribution is 2.27. The van der Waals surface area contributed by atoms with Crippen LogP contribution in [0.15, 0.2) is 29.6 Å². The smallest absolute Gasteiger partial charge is 0.270 e. The van der Waals surface area contributed by atoms with Crippen molar-refractivity contribution in [3.05, 3.63) is 45.5 Å². The molecule has 22 heavy (non-hydrogen) atoms. The second-order valence-corrected chi connectivity index (χ2v) is 6.19. The Morgan fingerprint density at radius 2 is 2.27 bits per heavy atom. The van der Waals surface area contributed by atoms with E-state index in [9.17, 15) is 15.2 Å². The number of nitro benzene ring substituents is 1. The molecule has 1 atom stereocenters. The summed E-state index contributed by atoms with van der Waals surface area (Å²) < 4.78 is 0. The molecule has 0 aliphatic heterocycles. The minimum absolute atomic E-state index is 0.0725. The van der Waals surface area contributed by atoms with Gasteiger partial charge in [-0.15, -0.1) is 11.3 Å². The van der Waals surface area contributed by atoms with Gasteiger partial charge in [0.15, 0.2) is 0 Å². The van der Waals surface area contributed by atoms with Gasteiger partial charge in [-0.25, -0.2) is 4.98 Å². The van der Waals surface area contributed by atoms with Gasteiger partial charge in [0.2, 0.25) is 0 Å². The predicted molar refractivity (Wildman–Crippen MR) is 86.8 cm³/mol. The highest BCUT2D eigenvalue weighted by atomic mass is 32.1. The molecule has 1 heterocycles. The van der Waals surface area contributed by atoms with Crippen LogP contribution in [0.1, 0.15) is 19.0 Å². The molecule has 0 aliphatic rings. The van der Waals surface area contributed by atoms with Crippen LogP contribution < -0.4 is 0 Å². The molecule has 0 saturated heterocycles. The molecule has 1 aromatic carbocycles. The van der Waals surface area contributed by atoms with Crippen molar-refractivity contribution in [2.24, 2.45) is 0 Å². The highest BCUT2D eigenvalue weighted by Gasteiger charge is 2.11. The number of non-ortho nitro benzene ring substituents is 1. The van der Waals surface area contributed by atoms with Gasteiger partial charge >= 0.3 is 0 Å². The summed E-state index contributed by atoms with van der Waals surface area (Å²) in [6, 6.07) is 6.51. The van der Waals surface area contributed by atoms with Gasteiger partial charge in [0, 0.05) is 36.2 Å². The lowest BCUT2D eigenvalue weighted by molar-refractivity contribution is -0.384. The molecule has 0 bridgehead atoms. The maximum absolute atomic E-state index is 10.8. The lowest BCUT2D eigenvalue weighted by Crippen LogP contribution is -2.22. The molecule has 6 nitrogen and oxygen atoms in total. The number of nitrogens with zero attached hydrogens (tertiary/aromatic N) is 3. The maximum Gasteiger partial charge on any atom is 0.270 e. The fourth-order valence-electron chi connectivity index (χ4n) is 2.03. The normalized spacial score (nSPS) is 12.5. The summed E-state index contributed by atoms with van der Waals surface area (Å²) >= 11 is 1.48. The Hall–Kier alpha value is -1.83. The first kappa shape index (κ1) is 16.5. The summed E-state index contributed by atoms with van der Waals surface area (Å²) in [5.74, 6) is 0. The molecule has 118 valence electrons. The number of nitro groups is 1. The first-order valence-electron chi connectivity index (χ1n) is 7.01. The summed E-state index contributed by atoms with van der Waals surface area (Å²) in [6.07, 6.45) is 0.413. The Balaban J connectivity index is 2.05. The first-order valence-corrected chi connectivity index (χ1v) is 7.89. The van der Waals surface area contributed by atoms with Gasteiger partial charge in [-0.1, -0.05) is 12.1 Å². The second kappa shape index (κ2) is 7.44. The largest absolute Gasteiger partial charge is 0.393 e. The average molecular weight is 321 g/mol. The van der Waals surface area contributed by atoms with Gasteiger partial charge in [-0.05, 0) is 20.4 Å². The summed E-state index contributed by atoms with van der Waals surface area (Å²) in [6.45, 7) is 3.26. The van der Waals surface area contributed by atoms with Crippen LogP contribution in [0.2, 0.25) is 0 Å². The molecule has 1 aromatic heterocycles. The molecule has 7 heteroatoms. The quantitative estimate of drug-likeness (QED) is 0.626. The van der Waals surface area contributed by atoms with E-state index >= 15 is 0 Å². The standard InChI is InChI=1S/C15H19N3O3S/c1-11(19)6-7-17(2)9-13-10-22-15(16-13)12-4-3-5-14(8-12)18(20)21/h3-5,8,10-11,19H,6-7,9H2,1-2H3. The van der Waals surface area contributed by atoms with Gasteiger partial charge < -0.3 is 10.0 Å². The topological polar surface area (TPSA) is 79.5 Å². The predicted octanol–water partition coefficient (Wildman–Crippen LogP) is 2.92. The number of aromatic nitrogens is 1. The monoisotopic (exact) mass is 321 g/mol. The van der Waals surface area contributed by atoms with Crippen LogP contribution in [0, 0.1) is 10.1 Å². The third-order valence-corrected chi connectivity index (χ3v) is 4.16. The minimum atomic E-state index is -0.401. The van der Waals surface area contributed by atoms with Crippen molar-refractivity contribution in [1.29, 1.82) is 0 Å². The fraction of sp³-hybridized carbons (Fsp3) is 0.400. The number of thiazole rings is 1. The number of benzene rings is 1. The molecule has 0 fully saturated rings. The van der Waals surface area contributed by atoms with E-state index in [1.807, 2.05) is 18.5 Å². The third-order valence-electron chi connectivity index (χ3n) is 3.22. The van der Waals surface area contributed by atoms with Gasteiger partial charge in [0.1, 0.15) is 5.01 Å². The Morgan fingerprint density at radius 3 is 2.95 bits per heavy atom. The molecule has 0 aliphatic carbocycles. The van der Waals surface area contributed by atoms with Crippen molar-refractivity contribution in [2.45, 2.75) is 26.0 Å². The summed E-state index contributed by atoms with van der Waals surface area (Å²) in [5.41, 5.74) is 1.76. The zero-order chi connectivity index (χ0) is 16.1. The average Bonchev–Trinajstić information content (AvgIpc) is 2.93.